The molecule has 0 heterocycles. The van der Waals surface area contributed by atoms with Crippen molar-refractivity contribution in [3.05, 3.63) is 102 Å². The second-order valence-corrected chi connectivity index (χ2v) is 8.07. The molecule has 0 aliphatic heterocycles. The third kappa shape index (κ3) is 5.89. The first-order valence-corrected chi connectivity index (χ1v) is 11.0. The summed E-state index contributed by atoms with van der Waals surface area (Å²) in [6.45, 7) is 0.455. The first-order chi connectivity index (χ1) is 16.9. The van der Waals surface area contributed by atoms with Crippen molar-refractivity contribution in [2.75, 3.05) is 7.11 Å². The predicted octanol–water partition coefficient (Wildman–Crippen LogP) is 4.56. The molecule has 35 heavy (non-hydrogen) atoms. The third-order valence-electron chi connectivity index (χ3n) is 5.61. The molecule has 0 aliphatic rings. The molecule has 1 amide bonds. The lowest BCUT2D eigenvalue weighted by atomic mass is 10.0. The van der Waals surface area contributed by atoms with Crippen LogP contribution in [0.4, 0.5) is 0 Å². The second kappa shape index (κ2) is 10.6. The van der Waals surface area contributed by atoms with Gasteiger partial charge in [-0.05, 0) is 58.3 Å². The molecule has 0 aromatic heterocycles. The van der Waals surface area contributed by atoms with Crippen molar-refractivity contribution in [1.29, 1.82) is 0 Å². The number of carboxylic acid groups (broad SMARTS) is 1. The lowest BCUT2D eigenvalue weighted by Gasteiger charge is -2.16. The van der Waals surface area contributed by atoms with Gasteiger partial charge in [-0.3, -0.25) is 4.79 Å². The van der Waals surface area contributed by atoms with Crippen LogP contribution < -0.4 is 14.8 Å². The van der Waals surface area contributed by atoms with E-state index in [0.29, 0.717) is 23.5 Å². The fourth-order valence-electron chi connectivity index (χ4n) is 3.72. The Morgan fingerprint density at radius 3 is 2.37 bits per heavy atom. The summed E-state index contributed by atoms with van der Waals surface area (Å²) in [5.74, 6) is -0.744. The molecule has 0 saturated carbocycles. The zero-order valence-electron chi connectivity index (χ0n) is 19.1. The van der Waals surface area contributed by atoms with E-state index in [2.05, 4.69) is 5.32 Å². The van der Waals surface area contributed by atoms with Crippen molar-refractivity contribution >= 4 is 22.6 Å². The summed E-state index contributed by atoms with van der Waals surface area (Å²) in [4.78, 5) is 24.6. The Balaban J connectivity index is 1.45. The second-order valence-electron chi connectivity index (χ2n) is 8.07. The first-order valence-electron chi connectivity index (χ1n) is 11.0. The molecule has 1 atom stereocenters. The maximum Gasteiger partial charge on any atom is 0.326 e. The number of nitrogens with one attached hydrogen (secondary N) is 1. The molecule has 4 aromatic rings. The predicted molar refractivity (Wildman–Crippen MR) is 132 cm³/mol. The highest BCUT2D eigenvalue weighted by molar-refractivity contribution is 6.00. The Morgan fingerprint density at radius 2 is 1.63 bits per heavy atom. The largest absolute Gasteiger partial charge is 0.504 e. The van der Waals surface area contributed by atoms with Gasteiger partial charge in [-0.25, -0.2) is 4.79 Å². The van der Waals surface area contributed by atoms with Gasteiger partial charge in [0.05, 0.1) is 7.11 Å². The van der Waals surface area contributed by atoms with Gasteiger partial charge in [-0.1, -0.05) is 48.5 Å². The van der Waals surface area contributed by atoms with E-state index in [0.717, 1.165) is 16.3 Å². The summed E-state index contributed by atoms with van der Waals surface area (Å²) in [6, 6.07) is 24.1. The van der Waals surface area contributed by atoms with Crippen LogP contribution in [-0.2, 0) is 17.8 Å². The minimum atomic E-state index is -1.16. The number of carbonyl (C=O) groups is 2. The fraction of sp³-hybridized carbons (Fsp3) is 0.143. The van der Waals surface area contributed by atoms with Crippen LogP contribution in [0.15, 0.2) is 84.9 Å². The zero-order valence-corrected chi connectivity index (χ0v) is 19.1. The van der Waals surface area contributed by atoms with Gasteiger partial charge in [0.1, 0.15) is 18.4 Å². The van der Waals surface area contributed by atoms with Crippen molar-refractivity contribution in [2.24, 2.45) is 0 Å². The van der Waals surface area contributed by atoms with E-state index in [1.165, 1.54) is 13.2 Å². The SMILES string of the molecule is COc1cc(C[C@H](NC(=O)c2ccc3cc(OCc4ccccc4)ccc3c2)C(=O)O)ccc1O. The van der Waals surface area contributed by atoms with Gasteiger partial charge < -0.3 is 25.0 Å². The Bertz CT molecular complexity index is 1350. The number of ether oxygens (including phenoxy) is 2. The molecule has 7 nitrogen and oxygen atoms in total. The van der Waals surface area contributed by atoms with Crippen molar-refractivity contribution in [1.82, 2.24) is 5.32 Å². The summed E-state index contributed by atoms with van der Waals surface area (Å²) >= 11 is 0. The zero-order chi connectivity index (χ0) is 24.8. The number of benzene rings is 4. The first kappa shape index (κ1) is 23.6. The summed E-state index contributed by atoms with van der Waals surface area (Å²) < 4.78 is 10.9. The van der Waals surface area contributed by atoms with E-state index in [1.807, 2.05) is 48.5 Å². The number of carbonyl (C=O) groups excluding carboxylic acids is 1. The van der Waals surface area contributed by atoms with Gasteiger partial charge in [0.15, 0.2) is 11.5 Å². The van der Waals surface area contributed by atoms with Crippen LogP contribution in [0, 0.1) is 0 Å². The summed E-state index contributed by atoms with van der Waals surface area (Å²) in [7, 11) is 1.41. The lowest BCUT2D eigenvalue weighted by molar-refractivity contribution is -0.139. The van der Waals surface area contributed by atoms with E-state index in [-0.39, 0.29) is 17.9 Å². The highest BCUT2D eigenvalue weighted by Crippen LogP contribution is 2.27. The normalized spacial score (nSPS) is 11.6. The highest BCUT2D eigenvalue weighted by atomic mass is 16.5. The summed E-state index contributed by atoms with van der Waals surface area (Å²) in [5.41, 5.74) is 2.03. The maximum atomic E-state index is 12.8. The molecule has 7 heteroatoms. The Hall–Kier alpha value is -4.52. The average molecular weight is 472 g/mol. The molecule has 0 unspecified atom stereocenters. The van der Waals surface area contributed by atoms with E-state index < -0.39 is 17.9 Å². The molecule has 4 rings (SSSR count). The van der Waals surface area contributed by atoms with Crippen molar-refractivity contribution in [3.63, 3.8) is 0 Å². The maximum absolute atomic E-state index is 12.8. The highest BCUT2D eigenvalue weighted by Gasteiger charge is 2.22. The molecular weight excluding hydrogens is 446 g/mol. The molecule has 0 spiro atoms. The topological polar surface area (TPSA) is 105 Å². The number of hydrogen-bond donors (Lipinski definition) is 3. The monoisotopic (exact) mass is 471 g/mol. The van der Waals surface area contributed by atoms with Crippen LogP contribution in [0.2, 0.25) is 0 Å². The third-order valence-corrected chi connectivity index (χ3v) is 5.61. The van der Waals surface area contributed by atoms with Gasteiger partial charge in [0.2, 0.25) is 0 Å². The van der Waals surface area contributed by atoms with Gasteiger partial charge in [0, 0.05) is 12.0 Å². The van der Waals surface area contributed by atoms with Crippen LogP contribution in [0.5, 0.6) is 17.2 Å². The molecule has 0 radical (unpaired) electrons. The van der Waals surface area contributed by atoms with Crippen LogP contribution >= 0.6 is 0 Å². The number of aliphatic carboxylic acids is 1. The Morgan fingerprint density at radius 1 is 0.886 bits per heavy atom. The molecule has 3 N–H and O–H groups in total. The summed E-state index contributed by atoms with van der Waals surface area (Å²) in [5, 5.41) is 23.7. The van der Waals surface area contributed by atoms with Crippen LogP contribution in [0.25, 0.3) is 10.8 Å². The standard InChI is InChI=1S/C28H25NO6/c1-34-26-14-19(7-12-25(26)30)13-24(28(32)33)29-27(31)22-9-8-21-16-23(11-10-20(21)15-22)35-17-18-5-3-2-4-6-18/h2-12,14-16,24,30H,13,17H2,1H3,(H,29,31)(H,32,33)/t24-/m0/s1. The van der Waals surface area contributed by atoms with Crippen LogP contribution in [0.3, 0.4) is 0 Å². The van der Waals surface area contributed by atoms with E-state index in [1.54, 1.807) is 30.3 Å². The van der Waals surface area contributed by atoms with E-state index in [4.69, 9.17) is 9.47 Å². The number of phenolic OH excluding ortho intramolecular Hbond substituents is 1. The molecule has 0 aliphatic carbocycles. The lowest BCUT2D eigenvalue weighted by Crippen LogP contribution is -2.42. The number of carboxylic acids is 1. The average Bonchev–Trinajstić information content (AvgIpc) is 2.88. The number of rotatable bonds is 9. The number of fused-ring (bicyclic) bond motifs is 1. The number of hydrogen-bond acceptors (Lipinski definition) is 5. The number of methoxy groups -OCH3 is 1. The molecule has 4 aromatic carbocycles. The fourth-order valence-corrected chi connectivity index (χ4v) is 3.72. The van der Waals surface area contributed by atoms with Crippen molar-refractivity contribution in [3.8, 4) is 17.2 Å². The number of phenols is 1. The van der Waals surface area contributed by atoms with E-state index in [9.17, 15) is 19.8 Å². The minimum Gasteiger partial charge on any atom is -0.504 e. The summed E-state index contributed by atoms with van der Waals surface area (Å²) in [6.07, 6.45) is 0.0351. The Labute approximate surface area is 202 Å². The molecule has 0 bridgehead atoms. The van der Waals surface area contributed by atoms with Gasteiger partial charge >= 0.3 is 5.97 Å². The van der Waals surface area contributed by atoms with Gasteiger partial charge in [-0.15, -0.1) is 0 Å². The molecule has 0 fully saturated rings. The molecule has 178 valence electrons. The van der Waals surface area contributed by atoms with Gasteiger partial charge in [-0.2, -0.15) is 0 Å². The van der Waals surface area contributed by atoms with Crippen molar-refractivity contribution < 1.29 is 29.3 Å². The Kier molecular flexibility index (Phi) is 7.16. The minimum absolute atomic E-state index is 0.0351. The van der Waals surface area contributed by atoms with Crippen LogP contribution in [0.1, 0.15) is 21.5 Å². The van der Waals surface area contributed by atoms with Crippen LogP contribution in [-0.4, -0.2) is 35.2 Å². The molecular formula is C28H25NO6. The smallest absolute Gasteiger partial charge is 0.326 e. The number of amides is 1. The van der Waals surface area contributed by atoms with Crippen molar-refractivity contribution in [2.45, 2.75) is 19.1 Å². The quantitative estimate of drug-likeness (QED) is 0.331. The number of aromatic hydroxyl groups is 1. The molecule has 0 saturated heterocycles. The van der Waals surface area contributed by atoms with E-state index >= 15 is 0 Å². The van der Waals surface area contributed by atoms with Gasteiger partial charge in [0.25, 0.3) is 5.91 Å².